The summed E-state index contributed by atoms with van der Waals surface area (Å²) in [6.45, 7) is 0. The first-order valence-electron chi connectivity index (χ1n) is 5.50. The molecular weight excluding hydrogens is 399 g/mol. The van der Waals surface area contributed by atoms with E-state index in [1.807, 2.05) is 0 Å². The van der Waals surface area contributed by atoms with E-state index in [2.05, 4.69) is 0 Å². The van der Waals surface area contributed by atoms with Crippen LogP contribution < -0.4 is 0 Å². The zero-order chi connectivity index (χ0) is 20.7. The molecule has 1 N–H and O–H groups in total. The lowest BCUT2D eigenvalue weighted by molar-refractivity contribution is -0.385. The van der Waals surface area contributed by atoms with Gasteiger partial charge in [0.1, 0.15) is 0 Å². The summed E-state index contributed by atoms with van der Waals surface area (Å²) in [6.07, 6.45) is -27.4. The number of hydrogen-bond donors (Lipinski definition) is 1. The van der Waals surface area contributed by atoms with Gasteiger partial charge in [-0.2, -0.15) is 57.1 Å². The van der Waals surface area contributed by atoms with Gasteiger partial charge in [0.15, 0.2) is 5.41 Å². The van der Waals surface area contributed by atoms with E-state index in [1.165, 1.54) is 0 Å². The molecule has 0 aliphatic heterocycles. The Morgan fingerprint density at radius 2 is 1.08 bits per heavy atom. The van der Waals surface area contributed by atoms with Crippen LogP contribution >= 0.6 is 0 Å². The first kappa shape index (κ1) is 23.3. The number of halogens is 13. The fourth-order valence-corrected chi connectivity index (χ4v) is 1.49. The Bertz CT molecular complexity index is 508. The molecule has 0 aliphatic carbocycles. The van der Waals surface area contributed by atoms with Crippen LogP contribution in [0.3, 0.4) is 0 Å². The predicted molar refractivity (Wildman–Crippen MR) is 51.9 cm³/mol. The van der Waals surface area contributed by atoms with Crippen molar-refractivity contribution in [2.75, 3.05) is 0 Å². The lowest BCUT2D eigenvalue weighted by Crippen LogP contribution is -2.59. The van der Waals surface area contributed by atoms with Crippen molar-refractivity contribution in [2.24, 2.45) is 5.41 Å². The van der Waals surface area contributed by atoms with Crippen LogP contribution in [-0.4, -0.2) is 41.4 Å². The minimum absolute atomic E-state index is 0.942. The van der Waals surface area contributed by atoms with Crippen molar-refractivity contribution in [3.05, 3.63) is 12.2 Å². The van der Waals surface area contributed by atoms with Crippen molar-refractivity contribution >= 4 is 5.97 Å². The molecule has 0 aromatic carbocycles. The average molecular weight is 404 g/mol. The molecule has 0 rings (SSSR count). The largest absolute Gasteiger partial charge is 0.478 e. The van der Waals surface area contributed by atoms with Gasteiger partial charge in [-0.3, -0.25) is 0 Å². The second kappa shape index (κ2) is 6.23. The first-order valence-corrected chi connectivity index (χ1v) is 5.50. The summed E-state index contributed by atoms with van der Waals surface area (Å²) in [6, 6.07) is 0. The molecule has 2 nitrogen and oxygen atoms in total. The van der Waals surface area contributed by atoms with E-state index < -0.39 is 60.3 Å². The fraction of sp³-hybridized carbons (Fsp3) is 0.700. The highest BCUT2D eigenvalue weighted by molar-refractivity contribution is 5.79. The van der Waals surface area contributed by atoms with E-state index in [4.69, 9.17) is 5.11 Å². The highest BCUT2D eigenvalue weighted by Crippen LogP contribution is 2.60. The number of carboxylic acid groups (broad SMARTS) is 1. The molecule has 0 unspecified atom stereocenters. The number of rotatable bonds is 5. The zero-order valence-electron chi connectivity index (χ0n) is 11.1. The lowest BCUT2D eigenvalue weighted by Gasteiger charge is -2.39. The van der Waals surface area contributed by atoms with E-state index >= 15 is 0 Å². The molecule has 0 saturated carbocycles. The molecule has 0 amide bonds. The van der Waals surface area contributed by atoms with Gasteiger partial charge in [0.25, 0.3) is 0 Å². The summed E-state index contributed by atoms with van der Waals surface area (Å²) in [7, 11) is 0. The van der Waals surface area contributed by atoms with Crippen molar-refractivity contribution in [2.45, 2.75) is 36.8 Å². The molecule has 25 heavy (non-hydrogen) atoms. The molecule has 0 atom stereocenters. The van der Waals surface area contributed by atoms with Crippen LogP contribution in [0, 0.1) is 5.41 Å². The maximum atomic E-state index is 13.1. The van der Waals surface area contributed by atoms with Crippen molar-refractivity contribution in [3.8, 4) is 0 Å². The summed E-state index contributed by atoms with van der Waals surface area (Å²) >= 11 is 0. The fourth-order valence-electron chi connectivity index (χ4n) is 1.49. The molecule has 0 heterocycles. The molecule has 148 valence electrons. The van der Waals surface area contributed by atoms with Gasteiger partial charge in [-0.1, -0.05) is 6.08 Å². The SMILES string of the molecule is O=C(O)/C=C/C(CC(F)(F)C(F)(F)C(F)(F)F)(C(F)(F)F)C(F)(F)F. The van der Waals surface area contributed by atoms with E-state index in [9.17, 15) is 61.9 Å². The Morgan fingerprint density at radius 1 is 0.720 bits per heavy atom. The second-order valence-corrected chi connectivity index (χ2v) is 4.59. The highest BCUT2D eigenvalue weighted by Gasteiger charge is 2.79. The van der Waals surface area contributed by atoms with Gasteiger partial charge in [-0.05, 0) is 0 Å². The van der Waals surface area contributed by atoms with Crippen LogP contribution in [0.1, 0.15) is 6.42 Å². The van der Waals surface area contributed by atoms with Gasteiger partial charge in [0, 0.05) is 12.5 Å². The predicted octanol–water partition coefficient (Wildman–Crippen LogP) is 4.96. The third-order valence-electron chi connectivity index (χ3n) is 2.84. The minimum Gasteiger partial charge on any atom is -0.478 e. The molecule has 0 aliphatic rings. The Kier molecular flexibility index (Phi) is 5.81. The number of alkyl halides is 13. The molecule has 0 saturated heterocycles. The number of aliphatic carboxylic acids is 1. The highest BCUT2D eigenvalue weighted by atomic mass is 19.4. The van der Waals surface area contributed by atoms with Crippen molar-refractivity contribution in [1.29, 1.82) is 0 Å². The van der Waals surface area contributed by atoms with Crippen molar-refractivity contribution in [1.82, 2.24) is 0 Å². The van der Waals surface area contributed by atoms with E-state index in [0.717, 1.165) is 0 Å². The first-order chi connectivity index (χ1) is 10.6. The number of carboxylic acids is 1. The van der Waals surface area contributed by atoms with Gasteiger partial charge in [-0.25, -0.2) is 4.79 Å². The number of allylic oxidation sites excluding steroid dienone is 1. The molecule has 0 aromatic rings. The minimum atomic E-state index is -7.25. The van der Waals surface area contributed by atoms with Crippen LogP contribution in [0.5, 0.6) is 0 Å². The molecule has 0 spiro atoms. The zero-order valence-corrected chi connectivity index (χ0v) is 11.1. The van der Waals surface area contributed by atoms with Gasteiger partial charge in [0.05, 0.1) is 0 Å². The van der Waals surface area contributed by atoms with Crippen molar-refractivity contribution in [3.63, 3.8) is 0 Å². The van der Waals surface area contributed by atoms with E-state index in [0.29, 0.717) is 0 Å². The maximum absolute atomic E-state index is 13.1. The van der Waals surface area contributed by atoms with Gasteiger partial charge in [0.2, 0.25) is 0 Å². The number of carbonyl (C=O) groups is 1. The lowest BCUT2D eigenvalue weighted by atomic mass is 9.78. The Labute approximate surface area is 128 Å². The summed E-state index contributed by atoms with van der Waals surface area (Å²) < 4.78 is 164. The Hall–Kier alpha value is -1.70. The number of hydrogen-bond acceptors (Lipinski definition) is 1. The molecule has 0 fully saturated rings. The van der Waals surface area contributed by atoms with E-state index in [1.54, 1.807) is 0 Å². The Balaban J connectivity index is 6.52. The van der Waals surface area contributed by atoms with Crippen molar-refractivity contribution < 1.29 is 67.0 Å². The van der Waals surface area contributed by atoms with Crippen LogP contribution in [-0.2, 0) is 4.79 Å². The molecular formula is C10H5F13O2. The second-order valence-electron chi connectivity index (χ2n) is 4.59. The average Bonchev–Trinajstić information content (AvgIpc) is 2.29. The molecule has 15 heteroatoms. The summed E-state index contributed by atoms with van der Waals surface area (Å²) in [5.74, 6) is -16.7. The van der Waals surface area contributed by atoms with Gasteiger partial charge in [-0.15, -0.1) is 0 Å². The van der Waals surface area contributed by atoms with Crippen LogP contribution in [0.2, 0.25) is 0 Å². The topological polar surface area (TPSA) is 37.3 Å². The Morgan fingerprint density at radius 3 is 1.32 bits per heavy atom. The summed E-state index contributed by atoms with van der Waals surface area (Å²) in [4.78, 5) is 10.1. The quantitative estimate of drug-likeness (QED) is 0.520. The summed E-state index contributed by atoms with van der Waals surface area (Å²) in [5.41, 5.74) is -5.98. The molecule has 0 aromatic heterocycles. The maximum Gasteiger partial charge on any atom is 0.459 e. The third-order valence-corrected chi connectivity index (χ3v) is 2.84. The van der Waals surface area contributed by atoms with Crippen LogP contribution in [0.25, 0.3) is 0 Å². The van der Waals surface area contributed by atoms with Gasteiger partial charge < -0.3 is 5.11 Å². The van der Waals surface area contributed by atoms with Gasteiger partial charge >= 0.3 is 36.3 Å². The van der Waals surface area contributed by atoms with Crippen LogP contribution in [0.15, 0.2) is 12.2 Å². The standard InChI is InChI=1S/C10H5F13O2/c11-6(12,7(13,14)10(21,22)23)3-5(8(15,16)17,9(18,19)20)2-1-4(24)25/h1-2H,3H2,(H,24,25)/b2-1+. The third kappa shape index (κ3) is 4.29. The summed E-state index contributed by atoms with van der Waals surface area (Å²) in [5, 5.41) is 8.06. The van der Waals surface area contributed by atoms with E-state index in [-0.39, 0.29) is 0 Å². The molecule has 0 radical (unpaired) electrons. The smallest absolute Gasteiger partial charge is 0.459 e. The normalized spacial score (nSPS) is 15.7. The van der Waals surface area contributed by atoms with Crippen LogP contribution in [0.4, 0.5) is 57.1 Å². The monoisotopic (exact) mass is 404 g/mol. The molecule has 0 bridgehead atoms.